The van der Waals surface area contributed by atoms with Crippen LogP contribution in [0.4, 0.5) is 0 Å². The number of esters is 4. The van der Waals surface area contributed by atoms with Crippen molar-refractivity contribution in [2.45, 2.75) is 36.8 Å². The second-order valence-corrected chi connectivity index (χ2v) is 7.61. The molecule has 36 heavy (non-hydrogen) atoms. The van der Waals surface area contributed by atoms with Crippen molar-refractivity contribution in [2.75, 3.05) is 74.7 Å². The Labute approximate surface area is 207 Å². The first-order valence-corrected chi connectivity index (χ1v) is 10.9. The normalized spacial score (nSPS) is 27.1. The van der Waals surface area contributed by atoms with Crippen molar-refractivity contribution < 1.29 is 71.3 Å². The monoisotopic (exact) mass is 524 g/mol. The standard InChI is InChI=1S/C21H32O15/c1-26-8-14(22)31-7-13-18(34-15(23)9-27-2)19(35-16(24)10-28-3)20(36-17(25)11-29-4)21(33-13)32-6-12-5-30-12/h12-13,18-21H,5-11H2,1-4H3/t12?,13-,18-,19+,20-,21+/m1/s1. The number of carbonyl (C=O) groups excluding carboxylic acids is 4. The molecule has 2 fully saturated rings. The number of hydrogen-bond donors (Lipinski definition) is 0. The average Bonchev–Trinajstić information content (AvgIpc) is 3.65. The van der Waals surface area contributed by atoms with Gasteiger partial charge in [-0.2, -0.15) is 0 Å². The van der Waals surface area contributed by atoms with Crippen LogP contribution in [0.3, 0.4) is 0 Å². The van der Waals surface area contributed by atoms with E-state index in [4.69, 9.17) is 52.1 Å². The summed E-state index contributed by atoms with van der Waals surface area (Å²) < 4.78 is 57.5. The highest BCUT2D eigenvalue weighted by Gasteiger charge is 2.53. The third-order valence-electron chi connectivity index (χ3n) is 4.70. The molecular formula is C21H32O15. The van der Waals surface area contributed by atoms with E-state index in [-0.39, 0.29) is 19.3 Å². The molecule has 0 aromatic heterocycles. The largest absolute Gasteiger partial charge is 0.461 e. The molecule has 206 valence electrons. The lowest BCUT2D eigenvalue weighted by atomic mass is 9.98. The minimum atomic E-state index is -1.45. The van der Waals surface area contributed by atoms with Crippen molar-refractivity contribution in [1.29, 1.82) is 0 Å². The molecule has 2 rings (SSSR count). The topological polar surface area (TPSA) is 173 Å². The number of methoxy groups -OCH3 is 4. The van der Waals surface area contributed by atoms with Gasteiger partial charge in [0.15, 0.2) is 24.6 Å². The van der Waals surface area contributed by atoms with Crippen molar-refractivity contribution in [1.82, 2.24) is 0 Å². The minimum Gasteiger partial charge on any atom is -0.461 e. The number of carbonyl (C=O) groups is 4. The van der Waals surface area contributed by atoms with Crippen LogP contribution in [-0.2, 0) is 71.3 Å². The summed E-state index contributed by atoms with van der Waals surface area (Å²) in [5, 5.41) is 0. The molecule has 0 aliphatic carbocycles. The molecule has 2 aliphatic heterocycles. The number of rotatable bonds is 16. The fourth-order valence-corrected chi connectivity index (χ4v) is 3.16. The Morgan fingerprint density at radius 1 is 0.667 bits per heavy atom. The molecule has 0 aromatic rings. The Balaban J connectivity index is 2.37. The van der Waals surface area contributed by atoms with Crippen LogP contribution in [0.15, 0.2) is 0 Å². The van der Waals surface area contributed by atoms with Crippen molar-refractivity contribution in [3.05, 3.63) is 0 Å². The van der Waals surface area contributed by atoms with E-state index < -0.39 is 81.0 Å². The second-order valence-electron chi connectivity index (χ2n) is 7.61. The van der Waals surface area contributed by atoms with E-state index in [0.717, 1.165) is 0 Å². The van der Waals surface area contributed by atoms with Gasteiger partial charge in [0, 0.05) is 28.4 Å². The Morgan fingerprint density at radius 2 is 1.14 bits per heavy atom. The maximum atomic E-state index is 12.4. The summed E-state index contributed by atoms with van der Waals surface area (Å²) in [7, 11) is 5.14. The van der Waals surface area contributed by atoms with Crippen LogP contribution in [-0.4, -0.2) is 135 Å². The molecule has 0 spiro atoms. The number of ether oxygens (including phenoxy) is 11. The van der Waals surface area contributed by atoms with E-state index in [9.17, 15) is 19.2 Å². The van der Waals surface area contributed by atoms with E-state index in [1.165, 1.54) is 28.4 Å². The summed E-state index contributed by atoms with van der Waals surface area (Å²) in [6, 6.07) is 0. The van der Waals surface area contributed by atoms with Crippen LogP contribution in [0.25, 0.3) is 0 Å². The van der Waals surface area contributed by atoms with Gasteiger partial charge in [-0.05, 0) is 0 Å². The van der Waals surface area contributed by atoms with Gasteiger partial charge in [-0.25, -0.2) is 19.2 Å². The third-order valence-corrected chi connectivity index (χ3v) is 4.70. The van der Waals surface area contributed by atoms with Crippen LogP contribution < -0.4 is 0 Å². The van der Waals surface area contributed by atoms with Crippen LogP contribution in [0.5, 0.6) is 0 Å². The van der Waals surface area contributed by atoms with Crippen LogP contribution in [0.2, 0.25) is 0 Å². The van der Waals surface area contributed by atoms with Gasteiger partial charge in [-0.3, -0.25) is 0 Å². The van der Waals surface area contributed by atoms with E-state index in [2.05, 4.69) is 0 Å². The van der Waals surface area contributed by atoms with Crippen LogP contribution in [0.1, 0.15) is 0 Å². The Bertz CT molecular complexity index is 724. The smallest absolute Gasteiger partial charge is 0.332 e. The fraction of sp³-hybridized carbons (Fsp3) is 0.810. The molecule has 15 nitrogen and oxygen atoms in total. The quantitative estimate of drug-likeness (QED) is 0.123. The Morgan fingerprint density at radius 3 is 1.64 bits per heavy atom. The highest BCUT2D eigenvalue weighted by molar-refractivity contribution is 5.73. The predicted octanol–water partition coefficient (Wildman–Crippen LogP) is -2.01. The summed E-state index contributed by atoms with van der Waals surface area (Å²) in [5.74, 6) is -3.26. The fourth-order valence-electron chi connectivity index (χ4n) is 3.16. The van der Waals surface area contributed by atoms with Gasteiger partial charge in [0.1, 0.15) is 45.2 Å². The third kappa shape index (κ3) is 9.93. The van der Waals surface area contributed by atoms with Crippen molar-refractivity contribution in [2.24, 2.45) is 0 Å². The Kier molecular flexibility index (Phi) is 13.0. The molecule has 0 aromatic carbocycles. The highest BCUT2D eigenvalue weighted by atomic mass is 16.7. The molecule has 0 amide bonds. The molecule has 0 saturated carbocycles. The zero-order valence-corrected chi connectivity index (χ0v) is 20.5. The van der Waals surface area contributed by atoms with Crippen LogP contribution >= 0.6 is 0 Å². The lowest BCUT2D eigenvalue weighted by Crippen LogP contribution is -2.63. The minimum absolute atomic E-state index is 0.0616. The highest BCUT2D eigenvalue weighted by Crippen LogP contribution is 2.30. The van der Waals surface area contributed by atoms with Gasteiger partial charge < -0.3 is 52.1 Å². The summed E-state index contributed by atoms with van der Waals surface area (Å²) in [6.07, 6.45) is -6.97. The summed E-state index contributed by atoms with van der Waals surface area (Å²) in [6.45, 7) is -1.59. The number of epoxide rings is 1. The summed E-state index contributed by atoms with van der Waals surface area (Å²) in [4.78, 5) is 48.9. The van der Waals surface area contributed by atoms with Gasteiger partial charge in [0.25, 0.3) is 0 Å². The van der Waals surface area contributed by atoms with Gasteiger partial charge in [0.2, 0.25) is 0 Å². The zero-order valence-electron chi connectivity index (χ0n) is 20.5. The molecule has 0 N–H and O–H groups in total. The predicted molar refractivity (Wildman–Crippen MR) is 112 cm³/mol. The molecule has 0 bridgehead atoms. The molecule has 6 atom stereocenters. The van der Waals surface area contributed by atoms with E-state index >= 15 is 0 Å². The molecule has 0 radical (unpaired) electrons. The van der Waals surface area contributed by atoms with E-state index in [1.54, 1.807) is 0 Å². The number of hydrogen-bond acceptors (Lipinski definition) is 15. The summed E-state index contributed by atoms with van der Waals surface area (Å²) >= 11 is 0. The first-order valence-electron chi connectivity index (χ1n) is 10.9. The average molecular weight is 524 g/mol. The van der Waals surface area contributed by atoms with Crippen molar-refractivity contribution in [3.8, 4) is 0 Å². The van der Waals surface area contributed by atoms with Gasteiger partial charge in [0.05, 0.1) is 13.2 Å². The first kappa shape index (κ1) is 29.8. The molecular weight excluding hydrogens is 492 g/mol. The van der Waals surface area contributed by atoms with E-state index in [1.807, 2.05) is 0 Å². The maximum Gasteiger partial charge on any atom is 0.332 e. The molecule has 1 unspecified atom stereocenters. The maximum absolute atomic E-state index is 12.4. The van der Waals surface area contributed by atoms with Crippen molar-refractivity contribution >= 4 is 23.9 Å². The lowest BCUT2D eigenvalue weighted by Gasteiger charge is -2.44. The molecule has 15 heteroatoms. The van der Waals surface area contributed by atoms with Gasteiger partial charge in [-0.1, -0.05) is 0 Å². The zero-order chi connectivity index (χ0) is 26.5. The summed E-state index contributed by atoms with van der Waals surface area (Å²) in [5.41, 5.74) is 0. The molecule has 2 aliphatic rings. The van der Waals surface area contributed by atoms with Gasteiger partial charge >= 0.3 is 23.9 Å². The molecule has 2 saturated heterocycles. The van der Waals surface area contributed by atoms with Crippen LogP contribution in [0, 0.1) is 0 Å². The SMILES string of the molecule is COCC(=O)OC[C@H]1O[C@H](OCC2CO2)[C@H](OC(=O)COC)[C@@H](OC(=O)COC)[C@@H]1OC(=O)COC. The van der Waals surface area contributed by atoms with Gasteiger partial charge in [-0.15, -0.1) is 0 Å². The lowest BCUT2D eigenvalue weighted by molar-refractivity contribution is -0.310. The van der Waals surface area contributed by atoms with Crippen molar-refractivity contribution in [3.63, 3.8) is 0 Å². The molecule has 2 heterocycles. The second kappa shape index (κ2) is 15.7. The first-order chi connectivity index (χ1) is 17.3. The van der Waals surface area contributed by atoms with E-state index in [0.29, 0.717) is 6.61 Å². The Hall–Kier alpha value is -2.40.